The second-order valence-electron chi connectivity index (χ2n) is 7.97. The summed E-state index contributed by atoms with van der Waals surface area (Å²) >= 11 is 0. The van der Waals surface area contributed by atoms with Crippen LogP contribution in [-0.4, -0.2) is 20.2 Å². The Bertz CT molecular complexity index is 1040. The molecule has 28 heavy (non-hydrogen) atoms. The van der Waals surface area contributed by atoms with Crippen LogP contribution in [0.25, 0.3) is 0 Å². The Hall–Kier alpha value is -2.67. The molecule has 0 spiro atoms. The van der Waals surface area contributed by atoms with Gasteiger partial charge in [0.2, 0.25) is 5.91 Å². The quantitative estimate of drug-likeness (QED) is 0.786. The number of hydrogen-bond donors (Lipinski definition) is 2. The van der Waals surface area contributed by atoms with E-state index in [9.17, 15) is 13.2 Å². The number of anilines is 2. The second kappa shape index (κ2) is 7.39. The molecular formula is C21H25N3O3S. The maximum atomic E-state index is 12.6. The summed E-state index contributed by atoms with van der Waals surface area (Å²) in [5.41, 5.74) is 2.88. The van der Waals surface area contributed by atoms with Gasteiger partial charge in [-0.05, 0) is 42.5 Å². The summed E-state index contributed by atoms with van der Waals surface area (Å²) in [7, 11) is -3.73. The molecule has 6 nitrogen and oxygen atoms in total. The van der Waals surface area contributed by atoms with Gasteiger partial charge in [0.05, 0.1) is 5.69 Å². The molecule has 0 atom stereocenters. The molecule has 0 saturated carbocycles. The van der Waals surface area contributed by atoms with Gasteiger partial charge in [-0.1, -0.05) is 44.2 Å². The first-order valence-corrected chi connectivity index (χ1v) is 10.6. The maximum absolute atomic E-state index is 12.6. The molecule has 0 aliphatic carbocycles. The molecular weight excluding hydrogens is 374 g/mol. The summed E-state index contributed by atoms with van der Waals surface area (Å²) in [6, 6.07) is 12.5. The van der Waals surface area contributed by atoms with Crippen LogP contribution in [0.1, 0.15) is 37.8 Å². The minimum absolute atomic E-state index is 0.109. The highest BCUT2D eigenvalue weighted by Crippen LogP contribution is 2.32. The molecule has 7 heteroatoms. The van der Waals surface area contributed by atoms with Gasteiger partial charge in [-0.25, -0.2) is 0 Å². The van der Waals surface area contributed by atoms with Gasteiger partial charge in [0.1, 0.15) is 10.7 Å². The van der Waals surface area contributed by atoms with E-state index in [4.69, 9.17) is 0 Å². The fraction of sp³-hybridized carbons (Fsp3) is 0.333. The minimum atomic E-state index is -3.73. The summed E-state index contributed by atoms with van der Waals surface area (Å²) < 4.78 is 28.7. The molecule has 1 aliphatic rings. The Morgan fingerprint density at radius 2 is 1.71 bits per heavy atom. The summed E-state index contributed by atoms with van der Waals surface area (Å²) in [6.07, 6.45) is 0.573. The van der Waals surface area contributed by atoms with Crippen LogP contribution >= 0.6 is 0 Å². The zero-order valence-electron chi connectivity index (χ0n) is 16.5. The van der Waals surface area contributed by atoms with E-state index >= 15 is 0 Å². The first kappa shape index (κ1) is 20.1. The molecule has 2 aromatic carbocycles. The van der Waals surface area contributed by atoms with Crippen molar-refractivity contribution < 1.29 is 13.2 Å². The third-order valence-corrected chi connectivity index (χ3v) is 6.08. The summed E-state index contributed by atoms with van der Waals surface area (Å²) in [6.45, 7) is 7.76. The SMILES string of the molecule is Cc1cccc(C)c1NC(=O)CC(C)(C)CC1=NS(=O)(=O)c2ccccc2N1. The molecule has 0 aromatic heterocycles. The maximum Gasteiger partial charge on any atom is 0.286 e. The van der Waals surface area contributed by atoms with Crippen molar-refractivity contribution in [2.24, 2.45) is 9.81 Å². The molecule has 148 valence electrons. The molecule has 0 fully saturated rings. The average Bonchev–Trinajstić information content (AvgIpc) is 2.57. The first-order valence-electron chi connectivity index (χ1n) is 9.13. The van der Waals surface area contributed by atoms with Crippen LogP contribution in [0.5, 0.6) is 0 Å². The Labute approximate surface area is 166 Å². The fourth-order valence-electron chi connectivity index (χ4n) is 3.39. The van der Waals surface area contributed by atoms with E-state index in [1.54, 1.807) is 18.2 Å². The lowest BCUT2D eigenvalue weighted by Crippen LogP contribution is -2.30. The Morgan fingerprint density at radius 1 is 1.07 bits per heavy atom. The lowest BCUT2D eigenvalue weighted by molar-refractivity contribution is -0.117. The third-order valence-electron chi connectivity index (χ3n) is 4.70. The highest BCUT2D eigenvalue weighted by atomic mass is 32.2. The number of hydrogen-bond acceptors (Lipinski definition) is 4. The Balaban J connectivity index is 1.72. The van der Waals surface area contributed by atoms with Gasteiger partial charge < -0.3 is 10.6 Å². The molecule has 0 bridgehead atoms. The Morgan fingerprint density at radius 3 is 2.39 bits per heavy atom. The van der Waals surface area contributed by atoms with Gasteiger partial charge in [-0.15, -0.1) is 4.40 Å². The van der Waals surface area contributed by atoms with Gasteiger partial charge >= 0.3 is 0 Å². The van der Waals surface area contributed by atoms with E-state index < -0.39 is 15.4 Å². The average molecular weight is 400 g/mol. The lowest BCUT2D eigenvalue weighted by atomic mass is 9.84. The number of sulfonamides is 1. The number of amides is 1. The van der Waals surface area contributed by atoms with E-state index in [-0.39, 0.29) is 17.2 Å². The highest BCUT2D eigenvalue weighted by Gasteiger charge is 2.30. The number of nitrogens with zero attached hydrogens (tertiary/aromatic N) is 1. The zero-order valence-corrected chi connectivity index (χ0v) is 17.4. The normalized spacial score (nSPS) is 15.2. The van der Waals surface area contributed by atoms with Crippen molar-refractivity contribution in [3.63, 3.8) is 0 Å². The number of rotatable bonds is 5. The van der Waals surface area contributed by atoms with Crippen LogP contribution in [0.4, 0.5) is 11.4 Å². The van der Waals surface area contributed by atoms with Gasteiger partial charge in [0.15, 0.2) is 0 Å². The summed E-state index contributed by atoms with van der Waals surface area (Å²) in [4.78, 5) is 12.8. The number of aryl methyl sites for hydroxylation is 2. The number of para-hydroxylation sites is 2. The molecule has 1 heterocycles. The van der Waals surface area contributed by atoms with Gasteiger partial charge in [-0.3, -0.25) is 4.79 Å². The number of amidine groups is 1. The predicted molar refractivity (Wildman–Crippen MR) is 112 cm³/mol. The van der Waals surface area contributed by atoms with Crippen molar-refractivity contribution in [3.05, 3.63) is 53.6 Å². The number of benzene rings is 2. The zero-order chi connectivity index (χ0) is 20.5. The molecule has 2 aromatic rings. The van der Waals surface area contributed by atoms with Gasteiger partial charge in [0, 0.05) is 18.5 Å². The van der Waals surface area contributed by atoms with Gasteiger partial charge in [0.25, 0.3) is 10.0 Å². The standard InChI is InChI=1S/C21H25N3O3S/c1-14-8-7-9-15(2)20(14)23-19(25)13-21(3,4)12-18-22-16-10-5-6-11-17(16)28(26,27)24-18/h5-11H,12-13H2,1-4H3,(H,22,24)(H,23,25). The van der Waals surface area contributed by atoms with Crippen LogP contribution in [0, 0.1) is 19.3 Å². The number of carbonyl (C=O) groups excluding carboxylic acids is 1. The summed E-state index contributed by atoms with van der Waals surface area (Å²) in [5.74, 6) is 0.241. The molecule has 1 amide bonds. The summed E-state index contributed by atoms with van der Waals surface area (Å²) in [5, 5.41) is 6.08. The van der Waals surface area contributed by atoms with Crippen LogP contribution in [0.15, 0.2) is 51.8 Å². The molecule has 3 rings (SSSR count). The van der Waals surface area contributed by atoms with E-state index in [2.05, 4.69) is 15.0 Å². The van der Waals surface area contributed by atoms with Crippen molar-refractivity contribution >= 4 is 33.1 Å². The van der Waals surface area contributed by atoms with Crippen LogP contribution < -0.4 is 10.6 Å². The number of fused-ring (bicyclic) bond motifs is 1. The molecule has 0 radical (unpaired) electrons. The minimum Gasteiger partial charge on any atom is -0.342 e. The lowest BCUT2D eigenvalue weighted by Gasteiger charge is -2.27. The van der Waals surface area contributed by atoms with E-state index in [0.717, 1.165) is 16.8 Å². The number of carbonyl (C=O) groups is 1. The van der Waals surface area contributed by atoms with Crippen molar-refractivity contribution in [1.82, 2.24) is 0 Å². The molecule has 0 unspecified atom stereocenters. The third kappa shape index (κ3) is 4.42. The smallest absolute Gasteiger partial charge is 0.286 e. The van der Waals surface area contributed by atoms with Gasteiger partial charge in [-0.2, -0.15) is 8.42 Å². The van der Waals surface area contributed by atoms with Crippen molar-refractivity contribution in [1.29, 1.82) is 0 Å². The van der Waals surface area contributed by atoms with Crippen LogP contribution in [-0.2, 0) is 14.8 Å². The topological polar surface area (TPSA) is 87.6 Å². The first-order chi connectivity index (χ1) is 13.1. The molecule has 1 aliphatic heterocycles. The fourth-order valence-corrected chi connectivity index (χ4v) is 4.54. The van der Waals surface area contributed by atoms with Crippen molar-refractivity contribution in [2.75, 3.05) is 10.6 Å². The second-order valence-corrected chi connectivity index (χ2v) is 9.54. The van der Waals surface area contributed by atoms with E-state index in [1.807, 2.05) is 45.9 Å². The molecule has 2 N–H and O–H groups in total. The van der Waals surface area contributed by atoms with E-state index in [0.29, 0.717) is 17.9 Å². The monoisotopic (exact) mass is 399 g/mol. The number of nitrogens with one attached hydrogen (secondary N) is 2. The molecule has 0 saturated heterocycles. The van der Waals surface area contributed by atoms with Crippen molar-refractivity contribution in [2.45, 2.75) is 45.4 Å². The highest BCUT2D eigenvalue weighted by molar-refractivity contribution is 7.90. The largest absolute Gasteiger partial charge is 0.342 e. The Kier molecular flexibility index (Phi) is 5.30. The predicted octanol–water partition coefficient (Wildman–Crippen LogP) is 4.26. The van der Waals surface area contributed by atoms with Crippen LogP contribution in [0.2, 0.25) is 0 Å². The van der Waals surface area contributed by atoms with Crippen molar-refractivity contribution in [3.8, 4) is 0 Å². The van der Waals surface area contributed by atoms with Crippen LogP contribution in [0.3, 0.4) is 0 Å². The van der Waals surface area contributed by atoms with E-state index in [1.165, 1.54) is 6.07 Å².